The Hall–Kier alpha value is -3.12. The lowest BCUT2D eigenvalue weighted by Gasteiger charge is -2.48. The molecule has 2 aromatic carbocycles. The van der Waals surface area contributed by atoms with Gasteiger partial charge in [-0.1, -0.05) is 0 Å². The van der Waals surface area contributed by atoms with E-state index in [4.69, 9.17) is 63.1 Å². The summed E-state index contributed by atoms with van der Waals surface area (Å²) in [7, 11) is 0. The molecule has 0 unspecified atom stereocenters. The second-order valence-corrected chi connectivity index (χ2v) is 6.36. The highest BCUT2D eigenvalue weighted by atomic mass is 15.2. The number of nitrogen functional groups attached to an aromatic ring is 7. The fraction of sp³-hybridized carbons (Fsp3) is 0.143. The van der Waals surface area contributed by atoms with E-state index in [1.54, 1.807) is 0 Å². The molecule has 0 atom stereocenters. The van der Waals surface area contributed by atoms with Gasteiger partial charge in [-0.15, -0.1) is 0 Å². The van der Waals surface area contributed by atoms with Crippen molar-refractivity contribution >= 4 is 39.8 Å². The van der Waals surface area contributed by atoms with Crippen LogP contribution in [0.5, 0.6) is 0 Å². The second kappa shape index (κ2) is 4.49. The highest BCUT2D eigenvalue weighted by Gasteiger charge is 2.52. The average Bonchev–Trinajstić information content (AvgIpc) is 2.51. The van der Waals surface area contributed by atoms with Crippen molar-refractivity contribution in [2.45, 2.75) is 11.3 Å². The Morgan fingerprint density at radius 3 is 1.52 bits per heavy atom. The number of rotatable bonds is 0. The molecule has 25 heavy (non-hydrogen) atoms. The largest absolute Gasteiger partial charge is 0.397 e. The standard InChI is InChI=1S/C14H23N11/c15-3-1-2-4-6(10(19)12(21)11(20)8(4)17)14(24,25)13(22,23)5(2)9(18)7(3)16/h1H,15-25H2. The molecule has 0 aliphatic heterocycles. The molecule has 11 heteroatoms. The van der Waals surface area contributed by atoms with Crippen LogP contribution in [0.2, 0.25) is 0 Å². The molecule has 22 N–H and O–H groups in total. The molecular weight excluding hydrogens is 322 g/mol. The first kappa shape index (κ1) is 16.7. The van der Waals surface area contributed by atoms with Crippen LogP contribution < -0.4 is 63.1 Å². The Labute approximate surface area is 143 Å². The number of benzene rings is 2. The SMILES string of the molecule is Nc1cc2c(c(N)c1N)C(N)(N)C(N)(N)c1c(N)c(N)c(N)c(N)c1-2. The molecule has 1 aliphatic carbocycles. The van der Waals surface area contributed by atoms with E-state index < -0.39 is 11.3 Å². The van der Waals surface area contributed by atoms with Crippen molar-refractivity contribution in [2.24, 2.45) is 22.9 Å². The second-order valence-electron chi connectivity index (χ2n) is 6.36. The zero-order chi connectivity index (χ0) is 19.1. The van der Waals surface area contributed by atoms with Gasteiger partial charge in [0.2, 0.25) is 0 Å². The summed E-state index contributed by atoms with van der Waals surface area (Å²) in [4.78, 5) is 0. The third kappa shape index (κ3) is 1.71. The van der Waals surface area contributed by atoms with Gasteiger partial charge >= 0.3 is 0 Å². The van der Waals surface area contributed by atoms with E-state index in [1.807, 2.05) is 0 Å². The van der Waals surface area contributed by atoms with Gasteiger partial charge in [0.05, 0.1) is 39.8 Å². The Kier molecular flexibility index (Phi) is 3.00. The topological polar surface area (TPSA) is 286 Å². The van der Waals surface area contributed by atoms with E-state index in [9.17, 15) is 0 Å². The van der Waals surface area contributed by atoms with Gasteiger partial charge < -0.3 is 63.1 Å². The number of hydrogen-bond acceptors (Lipinski definition) is 11. The molecule has 0 bridgehead atoms. The molecule has 1 aliphatic rings. The summed E-state index contributed by atoms with van der Waals surface area (Å²) >= 11 is 0. The van der Waals surface area contributed by atoms with Crippen LogP contribution in [0.3, 0.4) is 0 Å². The molecule has 2 aromatic rings. The first-order valence-electron chi connectivity index (χ1n) is 7.25. The predicted octanol–water partition coefficient (Wildman–Crippen LogP) is -2.42. The van der Waals surface area contributed by atoms with Gasteiger partial charge in [0, 0.05) is 16.7 Å². The lowest BCUT2D eigenvalue weighted by atomic mass is 9.69. The molecule has 3 rings (SSSR count). The van der Waals surface area contributed by atoms with Gasteiger partial charge in [-0.05, 0) is 11.6 Å². The molecule has 0 heterocycles. The summed E-state index contributed by atoms with van der Waals surface area (Å²) in [6.07, 6.45) is 0. The maximum Gasteiger partial charge on any atom is 0.129 e. The smallest absolute Gasteiger partial charge is 0.129 e. The number of fused-ring (bicyclic) bond motifs is 3. The molecule has 0 saturated carbocycles. The summed E-state index contributed by atoms with van der Waals surface area (Å²) in [6, 6.07) is 1.52. The van der Waals surface area contributed by atoms with Crippen LogP contribution in [-0.4, -0.2) is 0 Å². The molecule has 0 radical (unpaired) electrons. The third-order valence-electron chi connectivity index (χ3n) is 4.88. The fourth-order valence-corrected chi connectivity index (χ4v) is 3.34. The summed E-state index contributed by atoms with van der Waals surface area (Å²) in [5, 5.41) is 0. The van der Waals surface area contributed by atoms with Crippen molar-refractivity contribution in [3.63, 3.8) is 0 Å². The average molecular weight is 345 g/mol. The van der Waals surface area contributed by atoms with Crippen LogP contribution in [-0.2, 0) is 11.3 Å². The van der Waals surface area contributed by atoms with Crippen molar-refractivity contribution in [2.75, 3.05) is 40.1 Å². The quantitative estimate of drug-likeness (QED) is 0.176. The number of anilines is 7. The molecule has 0 spiro atoms. The zero-order valence-electron chi connectivity index (χ0n) is 13.4. The van der Waals surface area contributed by atoms with Crippen LogP contribution in [0.25, 0.3) is 11.1 Å². The molecular formula is C14H23N11. The van der Waals surface area contributed by atoms with Crippen LogP contribution in [0.4, 0.5) is 39.8 Å². The van der Waals surface area contributed by atoms with Crippen molar-refractivity contribution in [3.8, 4) is 11.1 Å². The van der Waals surface area contributed by atoms with Gasteiger partial charge in [0.25, 0.3) is 0 Å². The van der Waals surface area contributed by atoms with Gasteiger partial charge in [-0.25, -0.2) is 0 Å². The van der Waals surface area contributed by atoms with Crippen LogP contribution >= 0.6 is 0 Å². The number of nitrogens with two attached hydrogens (primary N) is 11. The minimum atomic E-state index is -1.87. The van der Waals surface area contributed by atoms with E-state index in [2.05, 4.69) is 0 Å². The van der Waals surface area contributed by atoms with Gasteiger partial charge in [0.15, 0.2) is 0 Å². The molecule has 11 nitrogen and oxygen atoms in total. The Morgan fingerprint density at radius 2 is 0.960 bits per heavy atom. The maximum absolute atomic E-state index is 6.30. The van der Waals surface area contributed by atoms with E-state index in [0.717, 1.165) is 0 Å². The third-order valence-corrected chi connectivity index (χ3v) is 4.88. The van der Waals surface area contributed by atoms with Crippen LogP contribution in [0, 0.1) is 0 Å². The maximum atomic E-state index is 6.30. The van der Waals surface area contributed by atoms with Gasteiger partial charge in [0.1, 0.15) is 11.3 Å². The van der Waals surface area contributed by atoms with Crippen molar-refractivity contribution < 1.29 is 0 Å². The van der Waals surface area contributed by atoms with Crippen LogP contribution in [0.15, 0.2) is 6.07 Å². The first-order chi connectivity index (χ1) is 11.4. The lowest BCUT2D eigenvalue weighted by molar-refractivity contribution is 0.234. The summed E-state index contributed by atoms with van der Waals surface area (Å²) in [6.45, 7) is 0. The van der Waals surface area contributed by atoms with Crippen molar-refractivity contribution in [3.05, 3.63) is 17.2 Å². The van der Waals surface area contributed by atoms with Gasteiger partial charge in [-0.2, -0.15) is 0 Å². The first-order valence-corrected chi connectivity index (χ1v) is 7.25. The summed E-state index contributed by atoms with van der Waals surface area (Å²) < 4.78 is 0. The lowest BCUT2D eigenvalue weighted by Crippen LogP contribution is -2.73. The van der Waals surface area contributed by atoms with E-state index in [1.165, 1.54) is 6.07 Å². The van der Waals surface area contributed by atoms with E-state index in [-0.39, 0.29) is 50.9 Å². The molecule has 0 amide bonds. The molecule has 0 fully saturated rings. The monoisotopic (exact) mass is 345 g/mol. The Balaban J connectivity index is 2.65. The highest BCUT2D eigenvalue weighted by molar-refractivity contribution is 6.04. The Morgan fingerprint density at radius 1 is 0.520 bits per heavy atom. The van der Waals surface area contributed by atoms with Crippen molar-refractivity contribution in [1.82, 2.24) is 0 Å². The summed E-state index contributed by atoms with van der Waals surface area (Å²) in [5.41, 5.74) is 65.3. The van der Waals surface area contributed by atoms with E-state index >= 15 is 0 Å². The normalized spacial score (nSPS) is 17.0. The Bertz CT molecular complexity index is 930. The zero-order valence-corrected chi connectivity index (χ0v) is 13.4. The van der Waals surface area contributed by atoms with Crippen molar-refractivity contribution in [1.29, 1.82) is 0 Å². The fourth-order valence-electron chi connectivity index (χ4n) is 3.34. The molecule has 0 aromatic heterocycles. The minimum Gasteiger partial charge on any atom is -0.397 e. The predicted molar refractivity (Wildman–Crippen MR) is 103 cm³/mol. The van der Waals surface area contributed by atoms with Crippen LogP contribution in [0.1, 0.15) is 11.1 Å². The molecule has 0 saturated heterocycles. The number of hydrogen-bond donors (Lipinski definition) is 11. The minimum absolute atomic E-state index is 0.0339. The molecule has 134 valence electrons. The van der Waals surface area contributed by atoms with E-state index in [0.29, 0.717) is 11.1 Å². The van der Waals surface area contributed by atoms with Gasteiger partial charge in [-0.3, -0.25) is 0 Å². The summed E-state index contributed by atoms with van der Waals surface area (Å²) in [5.74, 6) is 0. The highest BCUT2D eigenvalue weighted by Crippen LogP contribution is 2.55.